The number of nitrogens with two attached hydrogens (primary N) is 1. The SMILES string of the molecule is Cc1ccc(Oc2cnc(CN)cn2)cc1F. The maximum atomic E-state index is 13.3. The van der Waals surface area contributed by atoms with E-state index in [0.717, 1.165) is 0 Å². The summed E-state index contributed by atoms with van der Waals surface area (Å²) >= 11 is 0. The number of hydrogen-bond acceptors (Lipinski definition) is 4. The summed E-state index contributed by atoms with van der Waals surface area (Å²) in [5, 5.41) is 0. The van der Waals surface area contributed by atoms with Crippen molar-refractivity contribution < 1.29 is 9.13 Å². The molecule has 0 fully saturated rings. The fraction of sp³-hybridized carbons (Fsp3) is 0.167. The third-order valence-electron chi connectivity index (χ3n) is 2.26. The molecule has 0 atom stereocenters. The second-order valence-electron chi connectivity index (χ2n) is 3.56. The van der Waals surface area contributed by atoms with Crippen molar-refractivity contribution in [3.63, 3.8) is 0 Å². The quantitative estimate of drug-likeness (QED) is 0.882. The summed E-state index contributed by atoms with van der Waals surface area (Å²) < 4.78 is 18.6. The van der Waals surface area contributed by atoms with Crippen molar-refractivity contribution in [3.05, 3.63) is 47.7 Å². The molecule has 88 valence electrons. The Morgan fingerprint density at radius 3 is 2.71 bits per heavy atom. The first-order valence-electron chi connectivity index (χ1n) is 5.14. The van der Waals surface area contributed by atoms with E-state index in [1.54, 1.807) is 19.1 Å². The molecule has 4 nitrogen and oxygen atoms in total. The van der Waals surface area contributed by atoms with Gasteiger partial charge in [-0.25, -0.2) is 9.37 Å². The van der Waals surface area contributed by atoms with Crippen molar-refractivity contribution in [2.24, 2.45) is 5.73 Å². The Morgan fingerprint density at radius 2 is 2.12 bits per heavy atom. The average molecular weight is 233 g/mol. The molecule has 2 rings (SSSR count). The van der Waals surface area contributed by atoms with Gasteiger partial charge in [-0.15, -0.1) is 0 Å². The molecule has 17 heavy (non-hydrogen) atoms. The summed E-state index contributed by atoms with van der Waals surface area (Å²) in [7, 11) is 0. The van der Waals surface area contributed by atoms with Crippen LogP contribution in [0.25, 0.3) is 0 Å². The first-order valence-corrected chi connectivity index (χ1v) is 5.14. The van der Waals surface area contributed by atoms with Gasteiger partial charge in [-0.05, 0) is 18.6 Å². The van der Waals surface area contributed by atoms with Gasteiger partial charge in [0.15, 0.2) is 0 Å². The molecule has 2 N–H and O–H groups in total. The van der Waals surface area contributed by atoms with Crippen LogP contribution in [0.3, 0.4) is 0 Å². The number of rotatable bonds is 3. The fourth-order valence-electron chi connectivity index (χ4n) is 1.26. The van der Waals surface area contributed by atoms with Gasteiger partial charge in [0.1, 0.15) is 11.6 Å². The van der Waals surface area contributed by atoms with Crippen LogP contribution in [-0.4, -0.2) is 9.97 Å². The van der Waals surface area contributed by atoms with Crippen LogP contribution in [0.2, 0.25) is 0 Å². The van der Waals surface area contributed by atoms with E-state index in [4.69, 9.17) is 10.5 Å². The molecule has 0 bridgehead atoms. The molecular formula is C12H12FN3O. The molecule has 0 saturated heterocycles. The van der Waals surface area contributed by atoms with Gasteiger partial charge in [0.05, 0.1) is 18.1 Å². The molecule has 2 aromatic rings. The highest BCUT2D eigenvalue weighted by atomic mass is 19.1. The molecular weight excluding hydrogens is 221 g/mol. The molecule has 1 heterocycles. The van der Waals surface area contributed by atoms with Crippen LogP contribution >= 0.6 is 0 Å². The Kier molecular flexibility index (Phi) is 3.30. The minimum absolute atomic E-state index is 0.311. The summed E-state index contributed by atoms with van der Waals surface area (Å²) in [4.78, 5) is 8.04. The molecule has 1 aromatic heterocycles. The zero-order valence-corrected chi connectivity index (χ0v) is 9.35. The topological polar surface area (TPSA) is 61.0 Å². The van der Waals surface area contributed by atoms with E-state index >= 15 is 0 Å². The average Bonchev–Trinajstić information content (AvgIpc) is 2.35. The summed E-state index contributed by atoms with van der Waals surface area (Å²) in [5.74, 6) is 0.391. The minimum atomic E-state index is -0.311. The number of aryl methyl sites for hydroxylation is 1. The van der Waals surface area contributed by atoms with Crippen molar-refractivity contribution in [2.75, 3.05) is 0 Å². The molecule has 5 heteroatoms. The van der Waals surface area contributed by atoms with Crippen molar-refractivity contribution in [3.8, 4) is 11.6 Å². The summed E-state index contributed by atoms with van der Waals surface area (Å²) in [6.07, 6.45) is 2.99. The lowest BCUT2D eigenvalue weighted by Crippen LogP contribution is -2.00. The normalized spacial score (nSPS) is 10.3. The minimum Gasteiger partial charge on any atom is -0.437 e. The maximum absolute atomic E-state index is 13.3. The molecule has 0 aliphatic rings. The number of ether oxygens (including phenoxy) is 1. The van der Waals surface area contributed by atoms with Crippen molar-refractivity contribution in [1.29, 1.82) is 0 Å². The van der Waals surface area contributed by atoms with Crippen LogP contribution in [-0.2, 0) is 6.54 Å². The van der Waals surface area contributed by atoms with Gasteiger partial charge in [-0.2, -0.15) is 0 Å². The highest BCUT2D eigenvalue weighted by Gasteiger charge is 2.03. The summed E-state index contributed by atoms with van der Waals surface area (Å²) in [6.45, 7) is 2.02. The number of hydrogen-bond donors (Lipinski definition) is 1. The number of halogens is 1. The predicted octanol–water partition coefficient (Wildman–Crippen LogP) is 2.18. The van der Waals surface area contributed by atoms with Gasteiger partial charge >= 0.3 is 0 Å². The third-order valence-corrected chi connectivity index (χ3v) is 2.26. The molecule has 0 saturated carbocycles. The van der Waals surface area contributed by atoms with Gasteiger partial charge < -0.3 is 10.5 Å². The van der Waals surface area contributed by atoms with E-state index < -0.39 is 0 Å². The highest BCUT2D eigenvalue weighted by Crippen LogP contribution is 2.21. The van der Waals surface area contributed by atoms with Crippen LogP contribution in [0.15, 0.2) is 30.6 Å². The lowest BCUT2D eigenvalue weighted by atomic mass is 10.2. The first-order chi connectivity index (χ1) is 8.19. The zero-order valence-electron chi connectivity index (χ0n) is 9.35. The Hall–Kier alpha value is -2.01. The van der Waals surface area contributed by atoms with Gasteiger partial charge in [-0.3, -0.25) is 4.98 Å². The predicted molar refractivity (Wildman–Crippen MR) is 61.1 cm³/mol. The van der Waals surface area contributed by atoms with Crippen molar-refractivity contribution in [2.45, 2.75) is 13.5 Å². The Morgan fingerprint density at radius 1 is 1.29 bits per heavy atom. The van der Waals surface area contributed by atoms with Crippen LogP contribution in [0.5, 0.6) is 11.6 Å². The van der Waals surface area contributed by atoms with E-state index in [9.17, 15) is 4.39 Å². The lowest BCUT2D eigenvalue weighted by Gasteiger charge is -2.05. The maximum Gasteiger partial charge on any atom is 0.237 e. The third kappa shape index (κ3) is 2.76. The number of nitrogens with zero attached hydrogens (tertiary/aromatic N) is 2. The van der Waals surface area contributed by atoms with E-state index in [-0.39, 0.29) is 5.82 Å². The molecule has 0 aliphatic carbocycles. The molecule has 0 amide bonds. The van der Waals surface area contributed by atoms with E-state index in [1.807, 2.05) is 0 Å². The molecule has 0 aliphatic heterocycles. The molecule has 1 aromatic carbocycles. The van der Waals surface area contributed by atoms with Crippen molar-refractivity contribution in [1.82, 2.24) is 9.97 Å². The fourth-order valence-corrected chi connectivity index (χ4v) is 1.26. The summed E-state index contributed by atoms with van der Waals surface area (Å²) in [6, 6.07) is 4.64. The van der Waals surface area contributed by atoms with E-state index in [1.165, 1.54) is 18.5 Å². The summed E-state index contributed by atoms with van der Waals surface area (Å²) in [5.41, 5.74) is 6.64. The van der Waals surface area contributed by atoms with Crippen molar-refractivity contribution >= 4 is 0 Å². The highest BCUT2D eigenvalue weighted by molar-refractivity contribution is 5.30. The van der Waals surface area contributed by atoms with Crippen LogP contribution in [0, 0.1) is 12.7 Å². The Bertz CT molecular complexity index is 514. The largest absolute Gasteiger partial charge is 0.437 e. The van der Waals surface area contributed by atoms with Crippen LogP contribution in [0.1, 0.15) is 11.3 Å². The Balaban J connectivity index is 2.16. The van der Waals surface area contributed by atoms with E-state index in [0.29, 0.717) is 29.4 Å². The van der Waals surface area contributed by atoms with Crippen LogP contribution < -0.4 is 10.5 Å². The first kappa shape index (κ1) is 11.5. The van der Waals surface area contributed by atoms with Crippen LogP contribution in [0.4, 0.5) is 4.39 Å². The molecule has 0 radical (unpaired) electrons. The van der Waals surface area contributed by atoms with Gasteiger partial charge in [0.25, 0.3) is 0 Å². The second-order valence-corrected chi connectivity index (χ2v) is 3.56. The number of aromatic nitrogens is 2. The van der Waals surface area contributed by atoms with E-state index in [2.05, 4.69) is 9.97 Å². The molecule has 0 unspecified atom stereocenters. The number of benzene rings is 1. The zero-order chi connectivity index (χ0) is 12.3. The second kappa shape index (κ2) is 4.88. The van der Waals surface area contributed by atoms with Gasteiger partial charge in [-0.1, -0.05) is 6.07 Å². The monoisotopic (exact) mass is 233 g/mol. The van der Waals surface area contributed by atoms with Gasteiger partial charge in [0.2, 0.25) is 5.88 Å². The standard InChI is InChI=1S/C12H12FN3O/c1-8-2-3-10(4-11(8)13)17-12-7-15-9(5-14)6-16-12/h2-4,6-7H,5,14H2,1H3. The molecule has 0 spiro atoms. The smallest absolute Gasteiger partial charge is 0.237 e. The lowest BCUT2D eigenvalue weighted by molar-refractivity contribution is 0.454. The van der Waals surface area contributed by atoms with Gasteiger partial charge in [0, 0.05) is 12.6 Å². The Labute approximate surface area is 98.3 Å².